The lowest BCUT2D eigenvalue weighted by atomic mass is 10.2. The van der Waals surface area contributed by atoms with Gasteiger partial charge in [0.15, 0.2) is 0 Å². The van der Waals surface area contributed by atoms with Gasteiger partial charge in [0.05, 0.1) is 25.0 Å². The lowest BCUT2D eigenvalue weighted by Crippen LogP contribution is -2.19. The Labute approximate surface area is 101 Å². The van der Waals surface area contributed by atoms with Crippen LogP contribution in [0, 0.1) is 0 Å². The Kier molecular flexibility index (Phi) is 5.65. The van der Waals surface area contributed by atoms with E-state index in [1.807, 2.05) is 6.92 Å². The van der Waals surface area contributed by atoms with E-state index in [1.165, 1.54) is 0 Å². The normalized spacial score (nSPS) is 12.4. The molecule has 1 aromatic rings. The maximum absolute atomic E-state index is 11.5. The fraction of sp³-hybridized carbons (Fsp3) is 0.636. The van der Waals surface area contributed by atoms with Crippen molar-refractivity contribution in [3.63, 3.8) is 0 Å². The van der Waals surface area contributed by atoms with Gasteiger partial charge >= 0.3 is 0 Å². The topological polar surface area (TPSA) is 82.2 Å². The molecule has 0 spiro atoms. The van der Waals surface area contributed by atoms with Crippen molar-refractivity contribution in [2.45, 2.75) is 32.4 Å². The maximum atomic E-state index is 11.5. The predicted octanol–water partition coefficient (Wildman–Crippen LogP) is 0.595. The van der Waals surface area contributed by atoms with Crippen LogP contribution >= 0.6 is 0 Å². The third-order valence-electron chi connectivity index (χ3n) is 2.27. The number of nitrogens with two attached hydrogens (primary N) is 1. The van der Waals surface area contributed by atoms with Crippen molar-refractivity contribution < 1.29 is 9.53 Å². The number of carbonyl (C=O) groups excluding carboxylic acids is 1. The first-order valence-electron chi connectivity index (χ1n) is 5.68. The fourth-order valence-corrected chi connectivity index (χ4v) is 1.32. The lowest BCUT2D eigenvalue weighted by Gasteiger charge is -2.04. The molecule has 1 unspecified atom stereocenters. The average Bonchev–Trinajstić information content (AvgIpc) is 2.71. The number of hydrogen-bond acceptors (Lipinski definition) is 4. The van der Waals surface area contributed by atoms with Gasteiger partial charge in [0, 0.05) is 25.8 Å². The highest BCUT2D eigenvalue weighted by atomic mass is 16.5. The third kappa shape index (κ3) is 5.46. The average molecular weight is 240 g/mol. The van der Waals surface area contributed by atoms with Crippen LogP contribution in [0.25, 0.3) is 0 Å². The van der Waals surface area contributed by atoms with Crippen LogP contribution in [-0.2, 0) is 16.1 Å². The van der Waals surface area contributed by atoms with Crippen LogP contribution in [0.3, 0.4) is 0 Å². The van der Waals surface area contributed by atoms with E-state index in [0.717, 1.165) is 0 Å². The van der Waals surface area contributed by atoms with Gasteiger partial charge in [-0.2, -0.15) is 5.10 Å². The molecule has 6 heteroatoms. The van der Waals surface area contributed by atoms with E-state index in [1.54, 1.807) is 24.2 Å². The van der Waals surface area contributed by atoms with Crippen LogP contribution in [0.4, 0.5) is 5.69 Å². The summed E-state index contributed by atoms with van der Waals surface area (Å²) in [6.45, 7) is 3.15. The largest absolute Gasteiger partial charge is 0.383 e. The van der Waals surface area contributed by atoms with Crippen molar-refractivity contribution in [1.82, 2.24) is 9.78 Å². The number of hydrogen-bond donors (Lipinski definition) is 2. The number of amides is 1. The molecule has 0 aliphatic carbocycles. The first kappa shape index (κ1) is 13.7. The number of methoxy groups -OCH3 is 1. The minimum absolute atomic E-state index is 0.0337. The summed E-state index contributed by atoms with van der Waals surface area (Å²) in [6, 6.07) is 0.0465. The number of aromatic nitrogens is 2. The van der Waals surface area contributed by atoms with Gasteiger partial charge in [-0.05, 0) is 13.3 Å². The summed E-state index contributed by atoms with van der Waals surface area (Å²) in [7, 11) is 1.64. The number of carbonyl (C=O) groups is 1. The zero-order valence-corrected chi connectivity index (χ0v) is 10.3. The molecule has 0 aromatic carbocycles. The van der Waals surface area contributed by atoms with Crippen molar-refractivity contribution in [3.05, 3.63) is 12.4 Å². The highest BCUT2D eigenvalue weighted by molar-refractivity contribution is 5.90. The van der Waals surface area contributed by atoms with Crippen molar-refractivity contribution in [3.8, 4) is 0 Å². The summed E-state index contributed by atoms with van der Waals surface area (Å²) in [4.78, 5) is 11.5. The molecule has 96 valence electrons. The van der Waals surface area contributed by atoms with E-state index < -0.39 is 0 Å². The van der Waals surface area contributed by atoms with Crippen LogP contribution in [0.5, 0.6) is 0 Å². The SMILES string of the molecule is COCCn1cc(NC(=O)CCC(C)N)cn1. The monoisotopic (exact) mass is 240 g/mol. The second-order valence-corrected chi connectivity index (χ2v) is 4.05. The van der Waals surface area contributed by atoms with Crippen LogP contribution in [-0.4, -0.2) is 35.4 Å². The van der Waals surface area contributed by atoms with Crippen LogP contribution in [0.2, 0.25) is 0 Å². The zero-order valence-electron chi connectivity index (χ0n) is 10.3. The molecule has 0 radical (unpaired) electrons. The molecule has 17 heavy (non-hydrogen) atoms. The molecule has 1 amide bonds. The summed E-state index contributed by atoms with van der Waals surface area (Å²) >= 11 is 0. The Morgan fingerprint density at radius 3 is 3.12 bits per heavy atom. The highest BCUT2D eigenvalue weighted by Gasteiger charge is 2.05. The summed E-state index contributed by atoms with van der Waals surface area (Å²) in [6.07, 6.45) is 4.52. The maximum Gasteiger partial charge on any atom is 0.224 e. The fourth-order valence-electron chi connectivity index (χ4n) is 1.32. The smallest absolute Gasteiger partial charge is 0.224 e. The van der Waals surface area contributed by atoms with E-state index in [2.05, 4.69) is 10.4 Å². The molecule has 0 aliphatic rings. The summed E-state index contributed by atoms with van der Waals surface area (Å²) in [5, 5.41) is 6.87. The van der Waals surface area contributed by atoms with Gasteiger partial charge in [-0.1, -0.05) is 0 Å². The Morgan fingerprint density at radius 1 is 1.71 bits per heavy atom. The second kappa shape index (κ2) is 7.03. The van der Waals surface area contributed by atoms with E-state index in [4.69, 9.17) is 10.5 Å². The first-order chi connectivity index (χ1) is 8.11. The molecular weight excluding hydrogens is 220 g/mol. The summed E-state index contributed by atoms with van der Waals surface area (Å²) in [5.41, 5.74) is 6.29. The third-order valence-corrected chi connectivity index (χ3v) is 2.27. The van der Waals surface area contributed by atoms with E-state index >= 15 is 0 Å². The number of anilines is 1. The molecule has 1 rings (SSSR count). The van der Waals surface area contributed by atoms with Crippen LogP contribution in [0.1, 0.15) is 19.8 Å². The lowest BCUT2D eigenvalue weighted by molar-refractivity contribution is -0.116. The van der Waals surface area contributed by atoms with E-state index in [9.17, 15) is 4.79 Å². The number of nitrogens with zero attached hydrogens (tertiary/aromatic N) is 2. The molecule has 0 saturated heterocycles. The first-order valence-corrected chi connectivity index (χ1v) is 5.68. The molecule has 6 nitrogen and oxygen atoms in total. The van der Waals surface area contributed by atoms with Crippen molar-refractivity contribution in [2.24, 2.45) is 5.73 Å². The minimum atomic E-state index is -0.0337. The number of rotatable bonds is 7. The Balaban J connectivity index is 2.35. The molecular formula is C11H20N4O2. The predicted molar refractivity (Wildman–Crippen MR) is 65.6 cm³/mol. The quantitative estimate of drug-likeness (QED) is 0.731. The summed E-state index contributed by atoms with van der Waals surface area (Å²) in [5.74, 6) is -0.0337. The van der Waals surface area contributed by atoms with E-state index in [-0.39, 0.29) is 11.9 Å². The minimum Gasteiger partial charge on any atom is -0.383 e. The molecule has 1 heterocycles. The van der Waals surface area contributed by atoms with Gasteiger partial charge in [0.1, 0.15) is 0 Å². The molecule has 1 aromatic heterocycles. The Hall–Kier alpha value is -1.40. The molecule has 0 bridgehead atoms. The molecule has 3 N–H and O–H groups in total. The molecule has 0 saturated carbocycles. The van der Waals surface area contributed by atoms with E-state index in [0.29, 0.717) is 31.7 Å². The van der Waals surface area contributed by atoms with Crippen molar-refractivity contribution >= 4 is 11.6 Å². The molecule has 0 fully saturated rings. The molecule has 1 atom stereocenters. The zero-order chi connectivity index (χ0) is 12.7. The van der Waals surface area contributed by atoms with Crippen LogP contribution in [0.15, 0.2) is 12.4 Å². The van der Waals surface area contributed by atoms with Gasteiger partial charge in [-0.15, -0.1) is 0 Å². The van der Waals surface area contributed by atoms with Crippen LogP contribution < -0.4 is 11.1 Å². The summed E-state index contributed by atoms with van der Waals surface area (Å²) < 4.78 is 6.67. The van der Waals surface area contributed by atoms with Gasteiger partial charge in [-0.25, -0.2) is 0 Å². The van der Waals surface area contributed by atoms with Crippen molar-refractivity contribution in [1.29, 1.82) is 0 Å². The molecule has 0 aliphatic heterocycles. The second-order valence-electron chi connectivity index (χ2n) is 4.05. The Bertz CT molecular complexity index is 349. The van der Waals surface area contributed by atoms with Gasteiger partial charge in [0.2, 0.25) is 5.91 Å². The standard InChI is InChI=1S/C11H20N4O2/c1-9(12)3-4-11(16)14-10-7-13-15(8-10)5-6-17-2/h7-9H,3-6,12H2,1-2H3,(H,14,16). The number of nitrogens with one attached hydrogen (secondary N) is 1. The van der Waals surface area contributed by atoms with Crippen molar-refractivity contribution in [2.75, 3.05) is 19.0 Å². The highest BCUT2D eigenvalue weighted by Crippen LogP contribution is 2.06. The van der Waals surface area contributed by atoms with Gasteiger partial charge in [0.25, 0.3) is 0 Å². The number of ether oxygens (including phenoxy) is 1. The Morgan fingerprint density at radius 2 is 2.47 bits per heavy atom. The van der Waals surface area contributed by atoms with Gasteiger partial charge in [-0.3, -0.25) is 9.48 Å². The van der Waals surface area contributed by atoms with Gasteiger partial charge < -0.3 is 15.8 Å².